The molecule has 2 aromatic rings. The van der Waals surface area contributed by atoms with E-state index in [1.165, 1.54) is 11.3 Å². The Balaban J connectivity index is 1.37. The lowest BCUT2D eigenvalue weighted by Gasteiger charge is -2.35. The molecule has 1 aromatic heterocycles. The zero-order valence-electron chi connectivity index (χ0n) is 17.0. The molecule has 1 atom stereocenters. The van der Waals surface area contributed by atoms with Gasteiger partial charge in [0.1, 0.15) is 5.75 Å². The first-order chi connectivity index (χ1) is 14.3. The third-order valence-corrected chi connectivity index (χ3v) is 6.26. The number of hydrogen-bond acceptors (Lipinski definition) is 7. The maximum Gasteiger partial charge on any atom is 0.225 e. The Bertz CT molecular complexity index is 871. The van der Waals surface area contributed by atoms with Gasteiger partial charge in [-0.3, -0.25) is 4.90 Å². The van der Waals surface area contributed by atoms with Crippen molar-refractivity contribution < 1.29 is 14.2 Å². The van der Waals surface area contributed by atoms with E-state index in [1.807, 2.05) is 12.3 Å². The molecule has 0 unspecified atom stereocenters. The molecule has 5 rings (SSSR count). The van der Waals surface area contributed by atoms with Crippen LogP contribution in [0.2, 0.25) is 0 Å². The van der Waals surface area contributed by atoms with Crippen LogP contribution < -0.4 is 9.64 Å². The lowest BCUT2D eigenvalue weighted by atomic mass is 9.80. The van der Waals surface area contributed by atoms with Crippen molar-refractivity contribution in [3.8, 4) is 5.75 Å². The smallest absolute Gasteiger partial charge is 0.225 e. The molecule has 0 N–H and O–H groups in total. The van der Waals surface area contributed by atoms with Gasteiger partial charge >= 0.3 is 0 Å². The second kappa shape index (κ2) is 7.89. The van der Waals surface area contributed by atoms with Crippen LogP contribution in [0, 0.1) is 0 Å². The molecular weight excluding hydrogens is 368 g/mol. The highest BCUT2D eigenvalue weighted by molar-refractivity contribution is 5.39. The molecule has 29 heavy (non-hydrogen) atoms. The number of ether oxygens (including phenoxy) is 3. The van der Waals surface area contributed by atoms with Crippen molar-refractivity contribution >= 4 is 5.95 Å². The highest BCUT2D eigenvalue weighted by atomic mass is 16.5. The maximum atomic E-state index is 5.99. The van der Waals surface area contributed by atoms with Crippen LogP contribution in [-0.2, 0) is 28.0 Å². The lowest BCUT2D eigenvalue weighted by molar-refractivity contribution is 0.0502. The van der Waals surface area contributed by atoms with Gasteiger partial charge in [-0.05, 0) is 30.7 Å². The SMILES string of the molecule is COc1cccc(CN2CC[C@]3(COCc4cnc(N5CCOCC5)nc43)C2)c1. The van der Waals surface area contributed by atoms with Gasteiger partial charge in [-0.15, -0.1) is 0 Å². The third kappa shape index (κ3) is 3.70. The number of likely N-dealkylation sites (tertiary alicyclic amines) is 1. The fraction of sp³-hybridized carbons (Fsp3) is 0.545. The van der Waals surface area contributed by atoms with Crippen molar-refractivity contribution in [2.24, 2.45) is 0 Å². The average Bonchev–Trinajstić information content (AvgIpc) is 3.17. The summed E-state index contributed by atoms with van der Waals surface area (Å²) in [5, 5.41) is 0. The van der Waals surface area contributed by atoms with E-state index in [4.69, 9.17) is 19.2 Å². The fourth-order valence-corrected chi connectivity index (χ4v) is 4.74. The molecule has 7 nitrogen and oxygen atoms in total. The van der Waals surface area contributed by atoms with Gasteiger partial charge in [0.25, 0.3) is 0 Å². The van der Waals surface area contributed by atoms with E-state index < -0.39 is 0 Å². The van der Waals surface area contributed by atoms with E-state index >= 15 is 0 Å². The number of benzene rings is 1. The van der Waals surface area contributed by atoms with E-state index in [-0.39, 0.29) is 5.41 Å². The molecule has 0 bridgehead atoms. The Morgan fingerprint density at radius 1 is 1.17 bits per heavy atom. The quantitative estimate of drug-likeness (QED) is 0.783. The zero-order valence-corrected chi connectivity index (χ0v) is 17.0. The molecule has 3 aliphatic rings. The van der Waals surface area contributed by atoms with E-state index in [0.717, 1.165) is 76.2 Å². The summed E-state index contributed by atoms with van der Waals surface area (Å²) >= 11 is 0. The summed E-state index contributed by atoms with van der Waals surface area (Å²) in [6.07, 6.45) is 3.03. The molecule has 0 amide bonds. The highest BCUT2D eigenvalue weighted by Crippen LogP contribution is 2.40. The van der Waals surface area contributed by atoms with Crippen LogP contribution in [0.1, 0.15) is 23.2 Å². The minimum atomic E-state index is -0.0452. The molecule has 7 heteroatoms. The van der Waals surface area contributed by atoms with Gasteiger partial charge in [0.15, 0.2) is 0 Å². The van der Waals surface area contributed by atoms with Gasteiger partial charge in [0.2, 0.25) is 5.95 Å². The normalized spacial score (nSPS) is 24.7. The predicted octanol–water partition coefficient (Wildman–Crippen LogP) is 2.00. The number of methoxy groups -OCH3 is 1. The second-order valence-electron chi connectivity index (χ2n) is 8.23. The molecule has 1 aromatic carbocycles. The molecule has 4 heterocycles. The van der Waals surface area contributed by atoms with Crippen LogP contribution in [0.15, 0.2) is 30.5 Å². The summed E-state index contributed by atoms with van der Waals surface area (Å²) in [5.41, 5.74) is 3.55. The predicted molar refractivity (Wildman–Crippen MR) is 109 cm³/mol. The van der Waals surface area contributed by atoms with Crippen LogP contribution in [0.4, 0.5) is 5.95 Å². The third-order valence-electron chi connectivity index (χ3n) is 6.26. The molecule has 0 radical (unpaired) electrons. The monoisotopic (exact) mass is 396 g/mol. The number of morpholine rings is 1. The summed E-state index contributed by atoms with van der Waals surface area (Å²) < 4.78 is 16.9. The topological polar surface area (TPSA) is 60.0 Å². The number of nitrogens with zero attached hydrogens (tertiary/aromatic N) is 4. The van der Waals surface area contributed by atoms with Crippen LogP contribution in [-0.4, -0.2) is 68.0 Å². The lowest BCUT2D eigenvalue weighted by Crippen LogP contribution is -2.42. The molecule has 2 fully saturated rings. The van der Waals surface area contributed by atoms with E-state index in [0.29, 0.717) is 6.61 Å². The molecule has 0 aliphatic carbocycles. The Morgan fingerprint density at radius 2 is 2.07 bits per heavy atom. The van der Waals surface area contributed by atoms with Crippen LogP contribution in [0.3, 0.4) is 0 Å². The fourth-order valence-electron chi connectivity index (χ4n) is 4.74. The standard InChI is InChI=1S/C22H28N4O3/c1-27-19-4-2-3-17(11-19)13-25-6-5-22(15-25)16-29-14-18-12-23-21(24-20(18)22)26-7-9-28-10-8-26/h2-4,11-12H,5-10,13-16H2,1H3/t22-/m1/s1. The number of fused-ring (bicyclic) bond motifs is 2. The van der Waals surface area contributed by atoms with Gasteiger partial charge < -0.3 is 19.1 Å². The number of anilines is 1. The molecule has 2 saturated heterocycles. The summed E-state index contributed by atoms with van der Waals surface area (Å²) in [4.78, 5) is 14.4. The Labute approximate surface area is 171 Å². The van der Waals surface area contributed by atoms with Gasteiger partial charge in [-0.1, -0.05) is 12.1 Å². The average molecular weight is 396 g/mol. The summed E-state index contributed by atoms with van der Waals surface area (Å²) in [7, 11) is 1.71. The Kier molecular flexibility index (Phi) is 5.11. The van der Waals surface area contributed by atoms with Gasteiger partial charge in [-0.2, -0.15) is 0 Å². The maximum absolute atomic E-state index is 5.99. The zero-order chi connectivity index (χ0) is 19.7. The minimum Gasteiger partial charge on any atom is -0.497 e. The number of rotatable bonds is 4. The molecule has 1 spiro atoms. The van der Waals surface area contributed by atoms with E-state index in [2.05, 4.69) is 33.0 Å². The van der Waals surface area contributed by atoms with Gasteiger partial charge in [0, 0.05) is 37.9 Å². The highest BCUT2D eigenvalue weighted by Gasteiger charge is 2.45. The van der Waals surface area contributed by atoms with Crippen molar-refractivity contribution in [2.75, 3.05) is 58.0 Å². The van der Waals surface area contributed by atoms with Crippen molar-refractivity contribution in [3.05, 3.63) is 47.3 Å². The first-order valence-electron chi connectivity index (χ1n) is 10.4. The summed E-state index contributed by atoms with van der Waals surface area (Å²) in [5.74, 6) is 1.74. The summed E-state index contributed by atoms with van der Waals surface area (Å²) in [6, 6.07) is 8.33. The van der Waals surface area contributed by atoms with E-state index in [1.54, 1.807) is 7.11 Å². The molecule has 0 saturated carbocycles. The first kappa shape index (κ1) is 18.8. The summed E-state index contributed by atoms with van der Waals surface area (Å²) in [6.45, 7) is 7.43. The Hall–Kier alpha value is -2.22. The molecular formula is C22H28N4O3. The van der Waals surface area contributed by atoms with Crippen LogP contribution >= 0.6 is 0 Å². The van der Waals surface area contributed by atoms with Crippen molar-refractivity contribution in [1.29, 1.82) is 0 Å². The number of aromatic nitrogens is 2. The number of hydrogen-bond donors (Lipinski definition) is 0. The van der Waals surface area contributed by atoms with Crippen molar-refractivity contribution in [3.63, 3.8) is 0 Å². The van der Waals surface area contributed by atoms with Crippen LogP contribution in [0.5, 0.6) is 5.75 Å². The molecule has 3 aliphatic heterocycles. The van der Waals surface area contributed by atoms with E-state index in [9.17, 15) is 0 Å². The van der Waals surface area contributed by atoms with Gasteiger partial charge in [-0.25, -0.2) is 9.97 Å². The molecule has 154 valence electrons. The minimum absolute atomic E-state index is 0.0452. The van der Waals surface area contributed by atoms with Crippen molar-refractivity contribution in [2.45, 2.75) is 25.0 Å². The second-order valence-corrected chi connectivity index (χ2v) is 8.23. The van der Waals surface area contributed by atoms with Gasteiger partial charge in [0.05, 0.1) is 44.6 Å². The van der Waals surface area contributed by atoms with Crippen molar-refractivity contribution in [1.82, 2.24) is 14.9 Å². The van der Waals surface area contributed by atoms with Crippen LogP contribution in [0.25, 0.3) is 0 Å². The first-order valence-corrected chi connectivity index (χ1v) is 10.4. The Morgan fingerprint density at radius 3 is 2.93 bits per heavy atom. The largest absolute Gasteiger partial charge is 0.497 e.